The Morgan fingerprint density at radius 2 is 2.50 bits per heavy atom. The van der Waals surface area contributed by atoms with Crippen molar-refractivity contribution in [2.75, 3.05) is 5.33 Å². The molecule has 0 aliphatic heterocycles. The lowest BCUT2D eigenvalue weighted by Crippen LogP contribution is -1.93. The van der Waals surface area contributed by atoms with Crippen LogP contribution >= 0.6 is 27.3 Å². The molecule has 1 rings (SSSR count). The molecular weight excluding hydrogens is 208 g/mol. The van der Waals surface area contributed by atoms with Crippen molar-refractivity contribution in [1.82, 2.24) is 0 Å². The molecule has 1 heterocycles. The van der Waals surface area contributed by atoms with Crippen LogP contribution in [0.15, 0.2) is 17.5 Å². The fraction of sp³-hybridized carbons (Fsp3) is 0.500. The van der Waals surface area contributed by atoms with Crippen LogP contribution in [0.1, 0.15) is 24.1 Å². The van der Waals surface area contributed by atoms with Gasteiger partial charge in [-0.05, 0) is 17.9 Å². The Hall–Kier alpha value is 0.180. The van der Waals surface area contributed by atoms with E-state index >= 15 is 0 Å². The van der Waals surface area contributed by atoms with Crippen LogP contribution in [0.5, 0.6) is 0 Å². The van der Waals surface area contributed by atoms with E-state index in [-0.39, 0.29) is 0 Å². The maximum Gasteiger partial charge on any atom is 0.0108 e. The molecule has 0 aliphatic carbocycles. The highest BCUT2D eigenvalue weighted by Crippen LogP contribution is 2.25. The average molecular weight is 219 g/mol. The van der Waals surface area contributed by atoms with E-state index in [1.54, 1.807) is 0 Å². The zero-order valence-electron chi connectivity index (χ0n) is 6.01. The van der Waals surface area contributed by atoms with Crippen LogP contribution in [0.25, 0.3) is 0 Å². The highest BCUT2D eigenvalue weighted by atomic mass is 79.9. The van der Waals surface area contributed by atoms with Crippen molar-refractivity contribution in [3.8, 4) is 0 Å². The summed E-state index contributed by atoms with van der Waals surface area (Å²) in [4.78, 5) is 1.50. The molecule has 0 aromatic carbocycles. The summed E-state index contributed by atoms with van der Waals surface area (Å²) in [6.45, 7) is 2.23. The lowest BCUT2D eigenvalue weighted by atomic mass is 10.1. The maximum absolute atomic E-state index is 3.50. The molecular formula is C8H11BrS. The van der Waals surface area contributed by atoms with Crippen LogP contribution in [-0.4, -0.2) is 5.33 Å². The first kappa shape index (κ1) is 8.28. The Balaban J connectivity index is 2.64. The Morgan fingerprint density at radius 3 is 2.90 bits per heavy atom. The van der Waals surface area contributed by atoms with Crippen molar-refractivity contribution in [2.45, 2.75) is 19.3 Å². The van der Waals surface area contributed by atoms with Gasteiger partial charge < -0.3 is 0 Å². The fourth-order valence-electron chi connectivity index (χ4n) is 0.910. The largest absolute Gasteiger partial charge is 0.149 e. The van der Waals surface area contributed by atoms with Gasteiger partial charge in [-0.1, -0.05) is 28.9 Å². The van der Waals surface area contributed by atoms with E-state index in [1.165, 1.54) is 11.3 Å². The molecule has 2 heteroatoms. The molecule has 0 N–H and O–H groups in total. The van der Waals surface area contributed by atoms with E-state index in [4.69, 9.17) is 0 Å². The van der Waals surface area contributed by atoms with Gasteiger partial charge in [0.2, 0.25) is 0 Å². The fourth-order valence-corrected chi connectivity index (χ4v) is 2.84. The molecule has 0 nitrogen and oxygen atoms in total. The van der Waals surface area contributed by atoms with E-state index in [2.05, 4.69) is 40.4 Å². The molecule has 1 aromatic rings. The molecule has 0 saturated carbocycles. The van der Waals surface area contributed by atoms with Crippen molar-refractivity contribution in [2.24, 2.45) is 0 Å². The van der Waals surface area contributed by atoms with Gasteiger partial charge in [-0.15, -0.1) is 11.3 Å². The number of rotatable bonds is 3. The Morgan fingerprint density at radius 1 is 1.70 bits per heavy atom. The SMILES string of the molecule is CCC(CBr)c1cccs1. The smallest absolute Gasteiger partial charge is 0.0108 e. The van der Waals surface area contributed by atoms with E-state index in [0.29, 0.717) is 0 Å². The third-order valence-corrected chi connectivity index (χ3v) is 3.44. The second-order valence-corrected chi connectivity index (χ2v) is 3.90. The topological polar surface area (TPSA) is 0 Å². The highest BCUT2D eigenvalue weighted by molar-refractivity contribution is 9.09. The van der Waals surface area contributed by atoms with Crippen LogP contribution in [0.4, 0.5) is 0 Å². The standard InChI is InChI=1S/C8H11BrS/c1-2-7(6-9)8-4-3-5-10-8/h3-5,7H,2,6H2,1H3. The van der Waals surface area contributed by atoms with Crippen LogP contribution < -0.4 is 0 Å². The second-order valence-electron chi connectivity index (χ2n) is 2.27. The zero-order chi connectivity index (χ0) is 7.40. The molecule has 1 unspecified atom stereocenters. The highest BCUT2D eigenvalue weighted by Gasteiger charge is 2.06. The summed E-state index contributed by atoms with van der Waals surface area (Å²) in [5.74, 6) is 0.722. The Kier molecular flexibility index (Phi) is 3.43. The molecule has 0 fully saturated rings. The zero-order valence-corrected chi connectivity index (χ0v) is 8.41. The molecule has 0 amide bonds. The predicted molar refractivity (Wildman–Crippen MR) is 51.1 cm³/mol. The minimum absolute atomic E-state index is 0.722. The van der Waals surface area contributed by atoms with E-state index in [0.717, 1.165) is 11.2 Å². The molecule has 0 saturated heterocycles. The maximum atomic E-state index is 3.50. The quantitative estimate of drug-likeness (QED) is 0.681. The van der Waals surface area contributed by atoms with Crippen molar-refractivity contribution in [1.29, 1.82) is 0 Å². The summed E-state index contributed by atoms with van der Waals surface area (Å²) in [6, 6.07) is 4.32. The molecule has 0 radical (unpaired) electrons. The van der Waals surface area contributed by atoms with Crippen LogP contribution in [-0.2, 0) is 0 Å². The third kappa shape index (κ3) is 1.83. The van der Waals surface area contributed by atoms with Gasteiger partial charge in [0.25, 0.3) is 0 Å². The van der Waals surface area contributed by atoms with Crippen LogP contribution in [0.2, 0.25) is 0 Å². The number of halogens is 1. The lowest BCUT2D eigenvalue weighted by molar-refractivity contribution is 0.764. The molecule has 10 heavy (non-hydrogen) atoms. The number of alkyl halides is 1. The number of thiophene rings is 1. The van der Waals surface area contributed by atoms with Gasteiger partial charge in [0.05, 0.1) is 0 Å². The molecule has 0 bridgehead atoms. The predicted octanol–water partition coefficient (Wildman–Crippen LogP) is 3.64. The van der Waals surface area contributed by atoms with E-state index < -0.39 is 0 Å². The van der Waals surface area contributed by atoms with Gasteiger partial charge in [0.1, 0.15) is 0 Å². The molecule has 0 aliphatic rings. The average Bonchev–Trinajstić information content (AvgIpc) is 2.43. The van der Waals surface area contributed by atoms with Crippen molar-refractivity contribution < 1.29 is 0 Å². The van der Waals surface area contributed by atoms with E-state index in [1.807, 2.05) is 11.3 Å². The summed E-state index contributed by atoms with van der Waals surface area (Å²) >= 11 is 5.35. The second kappa shape index (κ2) is 4.14. The van der Waals surface area contributed by atoms with Gasteiger partial charge in [0.15, 0.2) is 0 Å². The molecule has 0 spiro atoms. The lowest BCUT2D eigenvalue weighted by Gasteiger charge is -2.06. The van der Waals surface area contributed by atoms with Crippen molar-refractivity contribution in [3.05, 3.63) is 22.4 Å². The Bertz CT molecular complexity index is 165. The monoisotopic (exact) mass is 218 g/mol. The normalized spacial score (nSPS) is 13.4. The summed E-state index contributed by atoms with van der Waals surface area (Å²) in [5, 5.41) is 3.23. The van der Waals surface area contributed by atoms with Crippen LogP contribution in [0, 0.1) is 0 Å². The van der Waals surface area contributed by atoms with E-state index in [9.17, 15) is 0 Å². The van der Waals surface area contributed by atoms with Gasteiger partial charge in [-0.2, -0.15) is 0 Å². The van der Waals surface area contributed by atoms with Crippen LogP contribution in [0.3, 0.4) is 0 Å². The first-order valence-electron chi connectivity index (χ1n) is 3.47. The summed E-state index contributed by atoms with van der Waals surface area (Å²) in [7, 11) is 0. The summed E-state index contributed by atoms with van der Waals surface area (Å²) < 4.78 is 0. The first-order chi connectivity index (χ1) is 4.88. The van der Waals surface area contributed by atoms with Gasteiger partial charge in [0, 0.05) is 16.1 Å². The third-order valence-electron chi connectivity index (χ3n) is 1.62. The van der Waals surface area contributed by atoms with Gasteiger partial charge in [-0.3, -0.25) is 0 Å². The van der Waals surface area contributed by atoms with Gasteiger partial charge in [-0.25, -0.2) is 0 Å². The minimum atomic E-state index is 0.722. The molecule has 1 aromatic heterocycles. The molecule has 56 valence electrons. The summed E-state index contributed by atoms with van der Waals surface area (Å²) in [6.07, 6.45) is 1.23. The summed E-state index contributed by atoms with van der Waals surface area (Å²) in [5.41, 5.74) is 0. The number of hydrogen-bond acceptors (Lipinski definition) is 1. The Labute approximate surface area is 74.4 Å². The molecule has 1 atom stereocenters. The first-order valence-corrected chi connectivity index (χ1v) is 5.48. The van der Waals surface area contributed by atoms with Crippen molar-refractivity contribution in [3.63, 3.8) is 0 Å². The number of hydrogen-bond donors (Lipinski definition) is 0. The van der Waals surface area contributed by atoms with Crippen molar-refractivity contribution >= 4 is 27.3 Å². The van der Waals surface area contributed by atoms with Gasteiger partial charge >= 0.3 is 0 Å². The minimum Gasteiger partial charge on any atom is -0.149 e.